The van der Waals surface area contributed by atoms with E-state index in [1.807, 2.05) is 43.3 Å². The van der Waals surface area contributed by atoms with E-state index in [-0.39, 0.29) is 25.4 Å². The molecule has 0 aliphatic carbocycles. The van der Waals surface area contributed by atoms with Gasteiger partial charge in [-0.25, -0.2) is 4.68 Å². The molecule has 4 amide bonds. The van der Waals surface area contributed by atoms with E-state index in [0.29, 0.717) is 40.6 Å². The van der Waals surface area contributed by atoms with Gasteiger partial charge in [-0.1, -0.05) is 60.5 Å². The van der Waals surface area contributed by atoms with Crippen molar-refractivity contribution in [2.24, 2.45) is 0 Å². The van der Waals surface area contributed by atoms with Gasteiger partial charge in [0.2, 0.25) is 24.1 Å². The Hall–Kier alpha value is -5.03. The summed E-state index contributed by atoms with van der Waals surface area (Å²) in [4.78, 5) is 54.8. The predicted molar refractivity (Wildman–Crippen MR) is 163 cm³/mol. The summed E-state index contributed by atoms with van der Waals surface area (Å²) in [6.45, 7) is 1.43. The van der Waals surface area contributed by atoms with E-state index >= 15 is 0 Å². The van der Waals surface area contributed by atoms with Crippen molar-refractivity contribution < 1.29 is 19.2 Å². The summed E-state index contributed by atoms with van der Waals surface area (Å²) >= 11 is 6.27. The smallest absolute Gasteiger partial charge is 0.247 e. The molecule has 4 aromatic rings. The number of benzene rings is 3. The third-order valence-corrected chi connectivity index (χ3v) is 7.41. The fourth-order valence-electron chi connectivity index (χ4n) is 5.14. The quantitative estimate of drug-likeness (QED) is 0.252. The number of rotatable bonds is 11. The van der Waals surface area contributed by atoms with Crippen LogP contribution in [-0.4, -0.2) is 63.2 Å². The van der Waals surface area contributed by atoms with Crippen LogP contribution in [0.3, 0.4) is 0 Å². The molecule has 3 aromatic carbocycles. The van der Waals surface area contributed by atoms with Gasteiger partial charge in [0.1, 0.15) is 19.1 Å². The minimum Gasteiger partial charge on any atom is -0.328 e. The summed E-state index contributed by atoms with van der Waals surface area (Å²) in [6.07, 6.45) is 5.50. The molecule has 2 N–H and O–H groups in total. The topological polar surface area (TPSA) is 130 Å². The molecular formula is C31H30ClN7O4. The van der Waals surface area contributed by atoms with Crippen LogP contribution in [0.2, 0.25) is 5.02 Å². The molecule has 12 heteroatoms. The van der Waals surface area contributed by atoms with Crippen LogP contribution in [0.25, 0.3) is 5.69 Å². The standard InChI is InChI=1S/C31H30ClN7O4/c1-2-6-22-16-24(10-11-25(22)33-20-40)35-31(43)28(15-21-7-4-3-5-8-21)38-19-29(41)37(18-30(38)42)27-17-23(32)9-12-26(27)39-14-13-34-36-39/h3-5,7-14,16-17,20,28H,2,6,15,18-19H2,1H3,(H,33,40)(H,35,43). The number of carbonyl (C=O) groups excluding carboxylic acids is 4. The Labute approximate surface area is 253 Å². The first-order chi connectivity index (χ1) is 20.9. The Kier molecular flexibility index (Phi) is 9.11. The average molecular weight is 600 g/mol. The lowest BCUT2D eigenvalue weighted by molar-refractivity contribution is -0.143. The normalized spacial score (nSPS) is 14.0. The fourth-order valence-corrected chi connectivity index (χ4v) is 5.31. The van der Waals surface area contributed by atoms with Crippen LogP contribution >= 0.6 is 11.6 Å². The van der Waals surface area contributed by atoms with Crippen LogP contribution in [0.15, 0.2) is 79.1 Å². The maximum atomic E-state index is 13.8. The second-order valence-corrected chi connectivity index (χ2v) is 10.5. The van der Waals surface area contributed by atoms with Crippen LogP contribution < -0.4 is 15.5 Å². The van der Waals surface area contributed by atoms with Gasteiger partial charge in [-0.15, -0.1) is 5.10 Å². The fraction of sp³-hybridized carbons (Fsp3) is 0.226. The van der Waals surface area contributed by atoms with Crippen LogP contribution in [-0.2, 0) is 32.0 Å². The highest BCUT2D eigenvalue weighted by Gasteiger charge is 2.39. The van der Waals surface area contributed by atoms with Crippen molar-refractivity contribution >= 4 is 52.8 Å². The molecule has 43 heavy (non-hydrogen) atoms. The van der Waals surface area contributed by atoms with Crippen LogP contribution in [0.4, 0.5) is 17.1 Å². The number of nitrogens with one attached hydrogen (secondary N) is 2. The summed E-state index contributed by atoms with van der Waals surface area (Å²) in [5.41, 5.74) is 3.84. The predicted octanol–water partition coefficient (Wildman–Crippen LogP) is 3.87. The first kappa shape index (κ1) is 29.5. The van der Waals surface area contributed by atoms with Gasteiger partial charge in [0, 0.05) is 22.8 Å². The zero-order valence-corrected chi connectivity index (χ0v) is 24.2. The van der Waals surface area contributed by atoms with Crippen LogP contribution in [0, 0.1) is 0 Å². The van der Waals surface area contributed by atoms with E-state index in [1.165, 1.54) is 20.7 Å². The largest absolute Gasteiger partial charge is 0.328 e. The van der Waals surface area contributed by atoms with Crippen molar-refractivity contribution in [2.45, 2.75) is 32.2 Å². The highest BCUT2D eigenvalue weighted by Crippen LogP contribution is 2.30. The van der Waals surface area contributed by atoms with Gasteiger partial charge >= 0.3 is 0 Å². The first-order valence-electron chi connectivity index (χ1n) is 13.8. The third kappa shape index (κ3) is 6.73. The molecule has 1 aliphatic heterocycles. The molecule has 1 unspecified atom stereocenters. The van der Waals surface area contributed by atoms with Gasteiger partial charge < -0.3 is 15.5 Å². The zero-order valence-electron chi connectivity index (χ0n) is 23.4. The summed E-state index contributed by atoms with van der Waals surface area (Å²) in [5.74, 6) is -1.19. The molecule has 1 atom stereocenters. The molecule has 11 nitrogen and oxygen atoms in total. The van der Waals surface area contributed by atoms with Gasteiger partial charge in [-0.3, -0.25) is 24.1 Å². The Morgan fingerprint density at radius 2 is 1.84 bits per heavy atom. The molecule has 0 spiro atoms. The number of nitrogens with zero attached hydrogens (tertiary/aromatic N) is 5. The minimum atomic E-state index is -0.961. The van der Waals surface area contributed by atoms with Crippen molar-refractivity contribution in [3.05, 3.63) is 95.3 Å². The Balaban J connectivity index is 1.42. The Bertz CT molecular complexity index is 1630. The Morgan fingerprint density at radius 3 is 2.56 bits per heavy atom. The average Bonchev–Trinajstić information content (AvgIpc) is 3.54. The number of carbonyl (C=O) groups is 4. The monoisotopic (exact) mass is 599 g/mol. The highest BCUT2D eigenvalue weighted by molar-refractivity contribution is 6.31. The van der Waals surface area contributed by atoms with Crippen LogP contribution in [0.1, 0.15) is 24.5 Å². The highest BCUT2D eigenvalue weighted by atomic mass is 35.5. The van der Waals surface area contributed by atoms with Gasteiger partial charge in [-0.05, 0) is 53.9 Å². The second-order valence-electron chi connectivity index (χ2n) is 10.1. The van der Waals surface area contributed by atoms with Gasteiger partial charge in [-0.2, -0.15) is 0 Å². The lowest BCUT2D eigenvalue weighted by Gasteiger charge is -2.38. The molecule has 0 radical (unpaired) electrons. The summed E-state index contributed by atoms with van der Waals surface area (Å²) in [7, 11) is 0. The van der Waals surface area contributed by atoms with Crippen LogP contribution in [0.5, 0.6) is 0 Å². The lowest BCUT2D eigenvalue weighted by Crippen LogP contribution is -2.60. The summed E-state index contributed by atoms with van der Waals surface area (Å²) in [5, 5.41) is 13.9. The molecule has 5 rings (SSSR count). The molecule has 0 bridgehead atoms. The second kappa shape index (κ2) is 13.3. The van der Waals surface area contributed by atoms with Crippen molar-refractivity contribution in [2.75, 3.05) is 28.6 Å². The van der Waals surface area contributed by atoms with E-state index in [1.54, 1.807) is 36.5 Å². The maximum absolute atomic E-state index is 13.8. The number of hydrogen-bond acceptors (Lipinski definition) is 6. The van der Waals surface area contributed by atoms with Gasteiger partial charge in [0.05, 0.1) is 23.8 Å². The minimum absolute atomic E-state index is 0.208. The van der Waals surface area contributed by atoms with E-state index in [0.717, 1.165) is 17.5 Å². The van der Waals surface area contributed by atoms with Crippen molar-refractivity contribution in [1.82, 2.24) is 19.9 Å². The molecule has 220 valence electrons. The van der Waals surface area contributed by atoms with Crippen molar-refractivity contribution in [1.29, 1.82) is 0 Å². The number of halogens is 1. The third-order valence-electron chi connectivity index (χ3n) is 7.18. The number of piperazine rings is 1. The number of amides is 4. The lowest BCUT2D eigenvalue weighted by atomic mass is 10.0. The van der Waals surface area contributed by atoms with E-state index in [4.69, 9.17) is 11.6 Å². The summed E-state index contributed by atoms with van der Waals surface area (Å²) in [6, 6.07) is 18.6. The van der Waals surface area contributed by atoms with E-state index in [9.17, 15) is 19.2 Å². The van der Waals surface area contributed by atoms with E-state index in [2.05, 4.69) is 20.9 Å². The Morgan fingerprint density at radius 1 is 1.02 bits per heavy atom. The maximum Gasteiger partial charge on any atom is 0.247 e. The number of aromatic nitrogens is 3. The number of hydrogen-bond donors (Lipinski definition) is 2. The van der Waals surface area contributed by atoms with E-state index < -0.39 is 17.9 Å². The molecule has 1 aliphatic rings. The first-order valence-corrected chi connectivity index (χ1v) is 14.2. The molecule has 1 saturated heterocycles. The number of aryl methyl sites for hydroxylation is 1. The number of anilines is 3. The van der Waals surface area contributed by atoms with Crippen molar-refractivity contribution in [3.63, 3.8) is 0 Å². The molecular weight excluding hydrogens is 570 g/mol. The molecule has 1 aromatic heterocycles. The summed E-state index contributed by atoms with van der Waals surface area (Å²) < 4.78 is 1.49. The van der Waals surface area contributed by atoms with Gasteiger partial charge in [0.15, 0.2) is 0 Å². The molecule has 0 saturated carbocycles. The molecule has 2 heterocycles. The van der Waals surface area contributed by atoms with Gasteiger partial charge in [0.25, 0.3) is 0 Å². The zero-order chi connectivity index (χ0) is 30.3. The SMILES string of the molecule is CCCc1cc(NC(=O)C(Cc2ccccc2)N2CC(=O)N(c3cc(Cl)ccc3-n3ccnn3)CC2=O)ccc1NC=O. The molecule has 1 fully saturated rings. The van der Waals surface area contributed by atoms with Crippen molar-refractivity contribution in [3.8, 4) is 5.69 Å².